The van der Waals surface area contributed by atoms with Gasteiger partial charge in [0.2, 0.25) is 5.91 Å². The van der Waals surface area contributed by atoms with Gasteiger partial charge in [-0.15, -0.1) is 6.58 Å². The molecular formula is C28H33Cl2NO2. The van der Waals surface area contributed by atoms with E-state index < -0.39 is 5.41 Å². The summed E-state index contributed by atoms with van der Waals surface area (Å²) in [6.07, 6.45) is 3.73. The smallest absolute Gasteiger partial charge is 0.229 e. The van der Waals surface area contributed by atoms with Gasteiger partial charge in [0.25, 0.3) is 0 Å². The van der Waals surface area contributed by atoms with Crippen molar-refractivity contribution in [2.75, 3.05) is 0 Å². The Morgan fingerprint density at radius 2 is 1.85 bits per heavy atom. The highest BCUT2D eigenvalue weighted by Crippen LogP contribution is 2.52. The van der Waals surface area contributed by atoms with Gasteiger partial charge >= 0.3 is 0 Å². The van der Waals surface area contributed by atoms with Crippen molar-refractivity contribution in [2.45, 2.75) is 65.0 Å². The first-order valence-corrected chi connectivity index (χ1v) is 12.3. The van der Waals surface area contributed by atoms with E-state index in [1.165, 1.54) is 0 Å². The summed E-state index contributed by atoms with van der Waals surface area (Å²) in [5.41, 5.74) is 1.47. The number of nitrogens with zero attached hydrogens (tertiary/aromatic N) is 1. The topological polar surface area (TPSA) is 37.4 Å². The van der Waals surface area contributed by atoms with E-state index in [0.717, 1.165) is 11.1 Å². The second-order valence-electron chi connectivity index (χ2n) is 9.50. The molecule has 33 heavy (non-hydrogen) atoms. The van der Waals surface area contributed by atoms with Gasteiger partial charge in [-0.2, -0.15) is 0 Å². The third-order valence-corrected chi connectivity index (χ3v) is 7.67. The molecular weight excluding hydrogens is 453 g/mol. The summed E-state index contributed by atoms with van der Waals surface area (Å²) < 4.78 is 0. The van der Waals surface area contributed by atoms with Crippen molar-refractivity contribution in [1.82, 2.24) is 4.90 Å². The predicted octanol–water partition coefficient (Wildman–Crippen LogP) is 7.64. The van der Waals surface area contributed by atoms with E-state index in [1.807, 2.05) is 74.2 Å². The van der Waals surface area contributed by atoms with Crippen LogP contribution in [-0.2, 0) is 9.59 Å². The minimum Gasteiger partial charge on any atom is -0.331 e. The van der Waals surface area contributed by atoms with E-state index in [-0.39, 0.29) is 35.6 Å². The van der Waals surface area contributed by atoms with E-state index in [0.29, 0.717) is 29.3 Å². The Hall–Kier alpha value is -2.10. The van der Waals surface area contributed by atoms with Crippen molar-refractivity contribution in [3.05, 3.63) is 82.4 Å². The number of benzene rings is 2. The number of rotatable bonds is 8. The van der Waals surface area contributed by atoms with E-state index in [4.69, 9.17) is 23.2 Å². The van der Waals surface area contributed by atoms with Crippen LogP contribution in [0, 0.1) is 11.3 Å². The standard InChI is InChI=1S/C28H33Cl2NO2/c1-6-15-28(5)17-24(21-9-8-10-23(30)16-21)26(20-11-13-22(29)14-12-20)31(27(28)33)25(7-2)18(3)19(4)32/h6,8-14,16,18,24-26H,1,7,15,17H2,2-5H3/t18-,24?,25+,26-,28+/m1/s1. The van der Waals surface area contributed by atoms with Crippen LogP contribution in [0.4, 0.5) is 0 Å². The SMILES string of the molecule is C=CC[C@@]1(C)CC(c2cccc(Cl)c2)[C@@H](c2ccc(Cl)cc2)N([C@@H](CC)[C@H](C)C(C)=O)C1=O. The zero-order valence-corrected chi connectivity index (χ0v) is 21.4. The van der Waals surface area contributed by atoms with E-state index in [1.54, 1.807) is 6.92 Å². The normalized spacial score (nSPS) is 24.9. The van der Waals surface area contributed by atoms with Gasteiger partial charge in [0.05, 0.1) is 11.5 Å². The number of Topliss-reactive ketones (excluding diaryl/α,β-unsaturated/α-hetero) is 1. The fourth-order valence-electron chi connectivity index (χ4n) is 5.31. The van der Waals surface area contributed by atoms with Crippen molar-refractivity contribution in [3.63, 3.8) is 0 Å². The average molecular weight is 486 g/mol. The van der Waals surface area contributed by atoms with Gasteiger partial charge in [-0.1, -0.05) is 74.3 Å². The Morgan fingerprint density at radius 3 is 2.39 bits per heavy atom. The number of carbonyl (C=O) groups is 2. The summed E-state index contributed by atoms with van der Waals surface area (Å²) in [5.74, 6) is -0.124. The van der Waals surface area contributed by atoms with Gasteiger partial charge in [-0.05, 0) is 61.6 Å². The first kappa shape index (κ1) is 25.5. The quantitative estimate of drug-likeness (QED) is 0.360. The highest BCUT2D eigenvalue weighted by Gasteiger charge is 2.51. The zero-order valence-electron chi connectivity index (χ0n) is 19.9. The van der Waals surface area contributed by atoms with Crippen LogP contribution in [0.15, 0.2) is 61.2 Å². The lowest BCUT2D eigenvalue weighted by Crippen LogP contribution is -2.57. The van der Waals surface area contributed by atoms with Crippen molar-refractivity contribution in [3.8, 4) is 0 Å². The zero-order chi connectivity index (χ0) is 24.3. The number of hydrogen-bond donors (Lipinski definition) is 0. The molecule has 1 saturated heterocycles. The first-order chi connectivity index (χ1) is 15.6. The summed E-state index contributed by atoms with van der Waals surface area (Å²) >= 11 is 12.6. The van der Waals surface area contributed by atoms with Crippen LogP contribution in [0.2, 0.25) is 10.0 Å². The second-order valence-corrected chi connectivity index (χ2v) is 10.4. The highest BCUT2D eigenvalue weighted by molar-refractivity contribution is 6.30. The molecule has 1 aliphatic rings. The Labute approximate surface area is 207 Å². The maximum Gasteiger partial charge on any atom is 0.229 e. The molecule has 3 rings (SSSR count). The minimum absolute atomic E-state index is 0.000679. The van der Waals surface area contributed by atoms with Gasteiger partial charge in [-0.25, -0.2) is 0 Å². The molecule has 0 radical (unpaired) electrons. The number of likely N-dealkylation sites (tertiary alicyclic amines) is 1. The summed E-state index contributed by atoms with van der Waals surface area (Å²) in [5, 5.41) is 1.31. The molecule has 5 atom stereocenters. The third kappa shape index (κ3) is 5.20. The summed E-state index contributed by atoms with van der Waals surface area (Å²) in [6.45, 7) is 11.5. The molecule has 0 aliphatic carbocycles. The lowest BCUT2D eigenvalue weighted by molar-refractivity contribution is -0.157. The van der Waals surface area contributed by atoms with Crippen LogP contribution in [0.5, 0.6) is 0 Å². The fraction of sp³-hybridized carbons (Fsp3) is 0.429. The number of carbonyl (C=O) groups excluding carboxylic acids is 2. The number of allylic oxidation sites excluding steroid dienone is 1. The van der Waals surface area contributed by atoms with Crippen molar-refractivity contribution >= 4 is 34.9 Å². The monoisotopic (exact) mass is 485 g/mol. The first-order valence-electron chi connectivity index (χ1n) is 11.6. The molecule has 1 amide bonds. The van der Waals surface area contributed by atoms with E-state index in [2.05, 4.69) is 12.6 Å². The number of ketones is 1. The fourth-order valence-corrected chi connectivity index (χ4v) is 5.64. The van der Waals surface area contributed by atoms with Gasteiger partial charge in [-0.3, -0.25) is 9.59 Å². The molecule has 2 aromatic rings. The molecule has 176 valence electrons. The Balaban J connectivity index is 2.27. The lowest BCUT2D eigenvalue weighted by Gasteiger charge is -2.53. The van der Waals surface area contributed by atoms with Crippen LogP contribution in [-0.4, -0.2) is 22.6 Å². The number of amides is 1. The predicted molar refractivity (Wildman–Crippen MR) is 137 cm³/mol. The summed E-state index contributed by atoms with van der Waals surface area (Å²) in [6, 6.07) is 15.1. The number of hydrogen-bond acceptors (Lipinski definition) is 2. The van der Waals surface area contributed by atoms with Crippen molar-refractivity contribution in [1.29, 1.82) is 0 Å². The Morgan fingerprint density at radius 1 is 1.18 bits per heavy atom. The minimum atomic E-state index is -0.623. The molecule has 0 saturated carbocycles. The molecule has 0 bridgehead atoms. The van der Waals surface area contributed by atoms with E-state index in [9.17, 15) is 9.59 Å². The van der Waals surface area contributed by atoms with Gasteiger partial charge in [0.15, 0.2) is 0 Å². The number of piperidine rings is 1. The summed E-state index contributed by atoms with van der Waals surface area (Å²) in [4.78, 5) is 28.6. The van der Waals surface area contributed by atoms with Crippen molar-refractivity contribution in [2.24, 2.45) is 11.3 Å². The second kappa shape index (κ2) is 10.4. The maximum atomic E-state index is 14.2. The van der Waals surface area contributed by atoms with Gasteiger partial charge in [0.1, 0.15) is 5.78 Å². The number of halogens is 2. The van der Waals surface area contributed by atoms with Crippen LogP contribution in [0.1, 0.15) is 70.0 Å². The summed E-state index contributed by atoms with van der Waals surface area (Å²) in [7, 11) is 0. The molecule has 0 aromatic heterocycles. The largest absolute Gasteiger partial charge is 0.331 e. The molecule has 3 nitrogen and oxygen atoms in total. The molecule has 1 unspecified atom stereocenters. The molecule has 5 heteroatoms. The van der Waals surface area contributed by atoms with Crippen LogP contribution in [0.25, 0.3) is 0 Å². The lowest BCUT2D eigenvalue weighted by atomic mass is 9.66. The molecule has 1 aliphatic heterocycles. The third-order valence-electron chi connectivity index (χ3n) is 7.18. The average Bonchev–Trinajstić information content (AvgIpc) is 2.77. The van der Waals surface area contributed by atoms with Crippen LogP contribution < -0.4 is 0 Å². The van der Waals surface area contributed by atoms with Crippen LogP contribution in [0.3, 0.4) is 0 Å². The van der Waals surface area contributed by atoms with Crippen LogP contribution >= 0.6 is 23.2 Å². The van der Waals surface area contributed by atoms with Gasteiger partial charge < -0.3 is 4.90 Å². The highest BCUT2D eigenvalue weighted by atomic mass is 35.5. The molecule has 1 heterocycles. The molecule has 0 N–H and O–H groups in total. The Bertz CT molecular complexity index is 1020. The molecule has 1 fully saturated rings. The van der Waals surface area contributed by atoms with Gasteiger partial charge in [0, 0.05) is 27.9 Å². The maximum absolute atomic E-state index is 14.2. The Kier molecular flexibility index (Phi) is 8.08. The van der Waals surface area contributed by atoms with E-state index >= 15 is 0 Å². The molecule has 0 spiro atoms. The molecule has 2 aromatic carbocycles. The van der Waals surface area contributed by atoms with Crippen molar-refractivity contribution < 1.29 is 9.59 Å².